The second-order valence-corrected chi connectivity index (χ2v) is 4.80. The van der Waals surface area contributed by atoms with Gasteiger partial charge in [0.15, 0.2) is 0 Å². The predicted octanol–water partition coefficient (Wildman–Crippen LogP) is 2.14. The number of rotatable bonds is 6. The normalized spacial score (nSPS) is 10.2. The molecule has 1 heterocycles. The molecule has 0 saturated heterocycles. The van der Waals surface area contributed by atoms with Crippen LogP contribution in [0.3, 0.4) is 0 Å². The number of nitrogens with zero attached hydrogens (tertiary/aromatic N) is 1. The van der Waals surface area contributed by atoms with Gasteiger partial charge in [-0.1, -0.05) is 23.7 Å². The lowest BCUT2D eigenvalue weighted by Crippen LogP contribution is -2.33. The quantitative estimate of drug-likeness (QED) is 0.857. The molecule has 0 bridgehead atoms. The second kappa shape index (κ2) is 7.62. The summed E-state index contributed by atoms with van der Waals surface area (Å²) in [5.74, 6) is -0.0333. The molecule has 104 valence electrons. The summed E-state index contributed by atoms with van der Waals surface area (Å²) in [7, 11) is 0. The molecule has 0 radical (unpaired) electrons. The lowest BCUT2D eigenvalue weighted by atomic mass is 10.2. The molecular weight excluding hydrogens is 274 g/mol. The first kappa shape index (κ1) is 14.5. The summed E-state index contributed by atoms with van der Waals surface area (Å²) in [6.07, 6.45) is 3.47. The summed E-state index contributed by atoms with van der Waals surface area (Å²) < 4.78 is 0. The molecule has 1 aromatic carbocycles. The van der Waals surface area contributed by atoms with E-state index in [0.717, 1.165) is 11.1 Å². The van der Waals surface area contributed by atoms with Crippen molar-refractivity contribution in [2.75, 3.05) is 6.54 Å². The van der Waals surface area contributed by atoms with Gasteiger partial charge in [0.05, 0.1) is 6.54 Å². The minimum atomic E-state index is -0.0333. The van der Waals surface area contributed by atoms with Crippen LogP contribution in [0, 0.1) is 0 Å². The van der Waals surface area contributed by atoms with Gasteiger partial charge in [0.2, 0.25) is 5.91 Å². The van der Waals surface area contributed by atoms with Gasteiger partial charge in [-0.15, -0.1) is 0 Å². The first-order chi connectivity index (χ1) is 9.74. The zero-order valence-corrected chi connectivity index (χ0v) is 11.7. The number of aromatic nitrogens is 1. The van der Waals surface area contributed by atoms with Crippen LogP contribution in [0.25, 0.3) is 0 Å². The molecule has 1 aromatic heterocycles. The van der Waals surface area contributed by atoms with Crippen LogP contribution in [-0.2, 0) is 17.9 Å². The van der Waals surface area contributed by atoms with Crippen LogP contribution in [0.2, 0.25) is 5.02 Å². The van der Waals surface area contributed by atoms with Gasteiger partial charge in [-0.3, -0.25) is 9.78 Å². The first-order valence-corrected chi connectivity index (χ1v) is 6.72. The fourth-order valence-corrected chi connectivity index (χ4v) is 1.81. The third-order valence-corrected chi connectivity index (χ3v) is 3.02. The third kappa shape index (κ3) is 4.99. The maximum absolute atomic E-state index is 11.7. The monoisotopic (exact) mass is 289 g/mol. The standard InChI is InChI=1S/C15H16ClN3O/c16-14-3-1-12(2-4-14)10-19-15(20)11-18-9-13-5-7-17-8-6-13/h1-8,18H,9-11H2,(H,19,20). The fraction of sp³-hybridized carbons (Fsp3) is 0.200. The summed E-state index contributed by atoms with van der Waals surface area (Å²) in [5, 5.41) is 6.63. The van der Waals surface area contributed by atoms with Crippen LogP contribution < -0.4 is 10.6 Å². The molecule has 20 heavy (non-hydrogen) atoms. The van der Waals surface area contributed by atoms with E-state index >= 15 is 0 Å². The SMILES string of the molecule is O=C(CNCc1ccncc1)NCc1ccc(Cl)cc1. The Balaban J connectivity index is 1.67. The van der Waals surface area contributed by atoms with Crippen molar-refractivity contribution >= 4 is 17.5 Å². The number of hydrogen-bond acceptors (Lipinski definition) is 3. The van der Waals surface area contributed by atoms with Gasteiger partial charge < -0.3 is 10.6 Å². The number of pyridine rings is 1. The smallest absolute Gasteiger partial charge is 0.234 e. The molecule has 0 spiro atoms. The van der Waals surface area contributed by atoms with E-state index in [1.54, 1.807) is 12.4 Å². The molecule has 5 heteroatoms. The van der Waals surface area contributed by atoms with Crippen LogP contribution in [0.1, 0.15) is 11.1 Å². The topological polar surface area (TPSA) is 54.0 Å². The van der Waals surface area contributed by atoms with Crippen molar-refractivity contribution in [3.05, 3.63) is 64.9 Å². The van der Waals surface area contributed by atoms with Gasteiger partial charge in [0.1, 0.15) is 0 Å². The van der Waals surface area contributed by atoms with E-state index in [0.29, 0.717) is 18.1 Å². The van der Waals surface area contributed by atoms with E-state index in [1.807, 2.05) is 36.4 Å². The Hall–Kier alpha value is -1.91. The van der Waals surface area contributed by atoms with Crippen molar-refractivity contribution in [1.29, 1.82) is 0 Å². The van der Waals surface area contributed by atoms with Gasteiger partial charge in [0, 0.05) is 30.5 Å². The molecular formula is C15H16ClN3O. The zero-order chi connectivity index (χ0) is 14.2. The molecule has 0 aliphatic carbocycles. The first-order valence-electron chi connectivity index (χ1n) is 6.35. The Labute approximate surface area is 123 Å². The molecule has 2 aromatic rings. The Bertz CT molecular complexity index is 543. The fourth-order valence-electron chi connectivity index (χ4n) is 1.69. The summed E-state index contributed by atoms with van der Waals surface area (Å²) >= 11 is 5.80. The van der Waals surface area contributed by atoms with Gasteiger partial charge in [-0.2, -0.15) is 0 Å². The number of carbonyl (C=O) groups is 1. The number of benzene rings is 1. The van der Waals surface area contributed by atoms with E-state index in [2.05, 4.69) is 15.6 Å². The highest BCUT2D eigenvalue weighted by atomic mass is 35.5. The summed E-state index contributed by atoms with van der Waals surface area (Å²) in [5.41, 5.74) is 2.13. The molecule has 4 nitrogen and oxygen atoms in total. The minimum Gasteiger partial charge on any atom is -0.351 e. The Kier molecular flexibility index (Phi) is 5.53. The number of hydrogen-bond donors (Lipinski definition) is 2. The molecule has 0 fully saturated rings. The third-order valence-electron chi connectivity index (χ3n) is 2.77. The Morgan fingerprint density at radius 3 is 2.35 bits per heavy atom. The zero-order valence-electron chi connectivity index (χ0n) is 11.0. The van der Waals surface area contributed by atoms with Gasteiger partial charge in [0.25, 0.3) is 0 Å². The average Bonchev–Trinajstić information content (AvgIpc) is 2.48. The van der Waals surface area contributed by atoms with Crippen molar-refractivity contribution in [3.8, 4) is 0 Å². The summed E-state index contributed by atoms with van der Waals surface area (Å²) in [4.78, 5) is 15.6. The Morgan fingerprint density at radius 2 is 1.65 bits per heavy atom. The van der Waals surface area contributed by atoms with E-state index in [4.69, 9.17) is 11.6 Å². The van der Waals surface area contributed by atoms with Gasteiger partial charge >= 0.3 is 0 Å². The summed E-state index contributed by atoms with van der Waals surface area (Å²) in [6.45, 7) is 1.44. The Morgan fingerprint density at radius 1 is 1.00 bits per heavy atom. The summed E-state index contributed by atoms with van der Waals surface area (Å²) in [6, 6.07) is 11.2. The van der Waals surface area contributed by atoms with Crippen LogP contribution in [-0.4, -0.2) is 17.4 Å². The molecule has 1 amide bonds. The lowest BCUT2D eigenvalue weighted by Gasteiger charge is -2.07. The van der Waals surface area contributed by atoms with E-state index in [1.165, 1.54) is 0 Å². The van der Waals surface area contributed by atoms with Crippen molar-refractivity contribution in [2.24, 2.45) is 0 Å². The van der Waals surface area contributed by atoms with Crippen LogP contribution in [0.4, 0.5) is 0 Å². The number of carbonyl (C=O) groups excluding carboxylic acids is 1. The highest BCUT2D eigenvalue weighted by molar-refractivity contribution is 6.30. The van der Waals surface area contributed by atoms with Crippen molar-refractivity contribution in [3.63, 3.8) is 0 Å². The second-order valence-electron chi connectivity index (χ2n) is 4.36. The maximum Gasteiger partial charge on any atom is 0.234 e. The van der Waals surface area contributed by atoms with Crippen LogP contribution >= 0.6 is 11.6 Å². The van der Waals surface area contributed by atoms with Gasteiger partial charge in [-0.25, -0.2) is 0 Å². The maximum atomic E-state index is 11.7. The van der Waals surface area contributed by atoms with E-state index in [-0.39, 0.29) is 12.5 Å². The minimum absolute atomic E-state index is 0.0333. The molecule has 0 atom stereocenters. The lowest BCUT2D eigenvalue weighted by molar-refractivity contribution is -0.120. The van der Waals surface area contributed by atoms with Crippen LogP contribution in [0.15, 0.2) is 48.8 Å². The highest BCUT2D eigenvalue weighted by Gasteiger charge is 2.01. The van der Waals surface area contributed by atoms with Crippen LogP contribution in [0.5, 0.6) is 0 Å². The molecule has 2 N–H and O–H groups in total. The number of nitrogens with one attached hydrogen (secondary N) is 2. The molecule has 0 aliphatic rings. The molecule has 0 saturated carbocycles. The van der Waals surface area contributed by atoms with E-state index in [9.17, 15) is 4.79 Å². The number of amides is 1. The van der Waals surface area contributed by atoms with Crippen molar-refractivity contribution < 1.29 is 4.79 Å². The average molecular weight is 290 g/mol. The van der Waals surface area contributed by atoms with Crippen molar-refractivity contribution in [2.45, 2.75) is 13.1 Å². The van der Waals surface area contributed by atoms with Crippen molar-refractivity contribution in [1.82, 2.24) is 15.6 Å². The largest absolute Gasteiger partial charge is 0.351 e. The predicted molar refractivity (Wildman–Crippen MR) is 79.2 cm³/mol. The molecule has 0 unspecified atom stereocenters. The number of halogens is 1. The molecule has 0 aliphatic heterocycles. The van der Waals surface area contributed by atoms with Gasteiger partial charge in [-0.05, 0) is 35.4 Å². The highest BCUT2D eigenvalue weighted by Crippen LogP contribution is 2.08. The van der Waals surface area contributed by atoms with E-state index < -0.39 is 0 Å². The molecule has 2 rings (SSSR count).